The van der Waals surface area contributed by atoms with Gasteiger partial charge in [-0.15, -0.1) is 11.3 Å². The van der Waals surface area contributed by atoms with Gasteiger partial charge in [0, 0.05) is 17.8 Å². The molecule has 74 valence electrons. The van der Waals surface area contributed by atoms with Crippen molar-refractivity contribution in [2.45, 2.75) is 13.3 Å². The van der Waals surface area contributed by atoms with Crippen molar-refractivity contribution in [1.29, 1.82) is 0 Å². The first-order valence-electron chi connectivity index (χ1n) is 4.26. The number of ether oxygens (including phenoxy) is 1. The van der Waals surface area contributed by atoms with E-state index in [0.717, 1.165) is 13.0 Å². The average Bonchev–Trinajstić information content (AvgIpc) is 2.41. The molecular formula is C9H14BrNOS. The molecule has 0 aromatic carbocycles. The van der Waals surface area contributed by atoms with Gasteiger partial charge in [-0.1, -0.05) is 0 Å². The summed E-state index contributed by atoms with van der Waals surface area (Å²) in [5.41, 5.74) is 6.61. The zero-order valence-corrected chi connectivity index (χ0v) is 10.1. The maximum absolute atomic E-state index is 5.31. The van der Waals surface area contributed by atoms with Crippen LogP contribution >= 0.6 is 27.3 Å². The van der Waals surface area contributed by atoms with Crippen LogP contribution in [0.3, 0.4) is 0 Å². The molecule has 1 aromatic rings. The minimum atomic E-state index is 0.604. The van der Waals surface area contributed by atoms with Crippen LogP contribution in [0.5, 0.6) is 0 Å². The van der Waals surface area contributed by atoms with Gasteiger partial charge in [0.2, 0.25) is 0 Å². The predicted octanol–water partition coefficient (Wildman–Crippen LogP) is 2.34. The second kappa shape index (κ2) is 5.75. The Morgan fingerprint density at radius 3 is 2.85 bits per heavy atom. The molecule has 0 aliphatic heterocycles. The molecule has 0 radical (unpaired) electrons. The Morgan fingerprint density at radius 2 is 2.31 bits per heavy atom. The molecule has 13 heavy (non-hydrogen) atoms. The van der Waals surface area contributed by atoms with Gasteiger partial charge in [-0.2, -0.15) is 0 Å². The third-order valence-corrected chi connectivity index (χ3v) is 3.86. The van der Waals surface area contributed by atoms with Gasteiger partial charge in [-0.05, 0) is 34.5 Å². The third-order valence-electron chi connectivity index (χ3n) is 1.66. The molecule has 2 N–H and O–H groups in total. The van der Waals surface area contributed by atoms with Crippen molar-refractivity contribution in [3.05, 3.63) is 20.3 Å². The van der Waals surface area contributed by atoms with Crippen molar-refractivity contribution < 1.29 is 4.74 Å². The van der Waals surface area contributed by atoms with E-state index in [1.165, 1.54) is 14.2 Å². The van der Waals surface area contributed by atoms with Gasteiger partial charge < -0.3 is 10.5 Å². The summed E-state index contributed by atoms with van der Waals surface area (Å²) in [6.45, 7) is 4.13. The number of aryl methyl sites for hydroxylation is 1. The summed E-state index contributed by atoms with van der Waals surface area (Å²) < 4.78 is 6.53. The van der Waals surface area contributed by atoms with E-state index in [4.69, 9.17) is 10.5 Å². The molecule has 1 aromatic heterocycles. The highest BCUT2D eigenvalue weighted by molar-refractivity contribution is 9.11. The lowest BCUT2D eigenvalue weighted by Crippen LogP contribution is -2.09. The van der Waals surface area contributed by atoms with Gasteiger partial charge in [0.1, 0.15) is 0 Å². The highest BCUT2D eigenvalue weighted by Crippen LogP contribution is 2.27. The molecule has 0 saturated carbocycles. The van der Waals surface area contributed by atoms with E-state index in [1.54, 1.807) is 11.3 Å². The lowest BCUT2D eigenvalue weighted by Gasteiger charge is -1.99. The first-order valence-corrected chi connectivity index (χ1v) is 5.87. The maximum atomic E-state index is 5.31. The second-order valence-electron chi connectivity index (χ2n) is 2.82. The third kappa shape index (κ3) is 3.77. The molecule has 0 bridgehead atoms. The topological polar surface area (TPSA) is 35.2 Å². The van der Waals surface area contributed by atoms with E-state index in [-0.39, 0.29) is 0 Å². The van der Waals surface area contributed by atoms with Crippen LogP contribution in [0.25, 0.3) is 0 Å². The summed E-state index contributed by atoms with van der Waals surface area (Å²) in [6, 6.07) is 2.19. The molecule has 0 saturated heterocycles. The summed E-state index contributed by atoms with van der Waals surface area (Å²) in [4.78, 5) is 1.36. The molecule has 0 spiro atoms. The van der Waals surface area contributed by atoms with Crippen LogP contribution in [0.15, 0.2) is 9.85 Å². The van der Waals surface area contributed by atoms with Gasteiger partial charge in [0.05, 0.1) is 17.0 Å². The highest BCUT2D eigenvalue weighted by Gasteiger charge is 2.01. The quantitative estimate of drug-likeness (QED) is 0.828. The largest absolute Gasteiger partial charge is 0.380 e. The summed E-state index contributed by atoms with van der Waals surface area (Å²) in [7, 11) is 0. The molecule has 0 fully saturated rings. The van der Waals surface area contributed by atoms with E-state index in [1.807, 2.05) is 0 Å². The van der Waals surface area contributed by atoms with Crippen molar-refractivity contribution in [3.8, 4) is 0 Å². The smallest absolute Gasteiger partial charge is 0.0730 e. The van der Waals surface area contributed by atoms with Gasteiger partial charge in [-0.3, -0.25) is 0 Å². The van der Waals surface area contributed by atoms with Gasteiger partial charge in [0.25, 0.3) is 0 Å². The maximum Gasteiger partial charge on any atom is 0.0730 e. The molecule has 0 amide bonds. The van der Waals surface area contributed by atoms with E-state index in [9.17, 15) is 0 Å². The molecule has 0 aliphatic rings. The van der Waals surface area contributed by atoms with Crippen LogP contribution in [0.1, 0.15) is 10.4 Å². The van der Waals surface area contributed by atoms with E-state index < -0.39 is 0 Å². The normalized spacial score (nSPS) is 10.7. The Kier molecular flexibility index (Phi) is 4.94. The van der Waals surface area contributed by atoms with Crippen LogP contribution < -0.4 is 5.73 Å². The minimum Gasteiger partial charge on any atom is -0.380 e. The fourth-order valence-electron chi connectivity index (χ4n) is 1.00. The monoisotopic (exact) mass is 263 g/mol. The fraction of sp³-hybridized carbons (Fsp3) is 0.556. The number of rotatable bonds is 5. The molecule has 1 heterocycles. The molecule has 2 nitrogen and oxygen atoms in total. The Labute approximate surface area is 91.2 Å². The zero-order chi connectivity index (χ0) is 9.68. The molecule has 0 unspecified atom stereocenters. The summed E-state index contributed by atoms with van der Waals surface area (Å²) in [5, 5.41) is 0. The van der Waals surface area contributed by atoms with E-state index in [0.29, 0.717) is 13.2 Å². The molecule has 4 heteroatoms. The summed E-state index contributed by atoms with van der Waals surface area (Å²) in [6.07, 6.45) is 0.983. The second-order valence-corrected chi connectivity index (χ2v) is 5.28. The summed E-state index contributed by atoms with van der Waals surface area (Å²) >= 11 is 5.27. The Bertz CT molecular complexity index is 243. The zero-order valence-electron chi connectivity index (χ0n) is 7.68. The minimum absolute atomic E-state index is 0.604. The number of hydrogen-bond acceptors (Lipinski definition) is 3. The average molecular weight is 264 g/mol. The molecule has 0 aliphatic carbocycles. The van der Waals surface area contributed by atoms with Crippen LogP contribution in [-0.4, -0.2) is 19.8 Å². The van der Waals surface area contributed by atoms with E-state index in [2.05, 4.69) is 28.9 Å². The van der Waals surface area contributed by atoms with Crippen molar-refractivity contribution in [2.75, 3.05) is 19.8 Å². The molecule has 0 atom stereocenters. The Balaban J connectivity index is 2.29. The number of halogens is 1. The van der Waals surface area contributed by atoms with Crippen molar-refractivity contribution in [2.24, 2.45) is 5.73 Å². The van der Waals surface area contributed by atoms with Crippen molar-refractivity contribution in [3.63, 3.8) is 0 Å². The fourth-order valence-corrected chi connectivity index (χ4v) is 2.61. The van der Waals surface area contributed by atoms with E-state index >= 15 is 0 Å². The van der Waals surface area contributed by atoms with Crippen LogP contribution in [0.4, 0.5) is 0 Å². The van der Waals surface area contributed by atoms with Crippen molar-refractivity contribution in [1.82, 2.24) is 0 Å². The van der Waals surface area contributed by atoms with Crippen LogP contribution in [0.2, 0.25) is 0 Å². The number of nitrogens with two attached hydrogens (primary N) is 1. The van der Waals surface area contributed by atoms with Gasteiger partial charge in [-0.25, -0.2) is 0 Å². The molecular weight excluding hydrogens is 250 g/mol. The first kappa shape index (κ1) is 11.2. The predicted molar refractivity (Wildman–Crippen MR) is 60.3 cm³/mol. The standard InChI is InChI=1S/C9H14BrNOS/c1-7-6-8(13-9(7)10)2-4-12-5-3-11/h6H,2-5,11H2,1H3. The van der Waals surface area contributed by atoms with Crippen molar-refractivity contribution >= 4 is 27.3 Å². The van der Waals surface area contributed by atoms with Gasteiger partial charge >= 0.3 is 0 Å². The Morgan fingerprint density at radius 1 is 1.54 bits per heavy atom. The highest BCUT2D eigenvalue weighted by atomic mass is 79.9. The Hall–Kier alpha value is 0.100. The molecule has 1 rings (SSSR count). The number of hydrogen-bond donors (Lipinski definition) is 1. The first-order chi connectivity index (χ1) is 6.24. The summed E-state index contributed by atoms with van der Waals surface area (Å²) in [5.74, 6) is 0. The van der Waals surface area contributed by atoms with Crippen LogP contribution in [-0.2, 0) is 11.2 Å². The lowest BCUT2D eigenvalue weighted by molar-refractivity contribution is 0.145. The van der Waals surface area contributed by atoms with Gasteiger partial charge in [0.15, 0.2) is 0 Å². The number of thiophene rings is 1. The lowest BCUT2D eigenvalue weighted by atomic mass is 10.3. The SMILES string of the molecule is Cc1cc(CCOCCN)sc1Br. The van der Waals surface area contributed by atoms with Crippen LogP contribution in [0, 0.1) is 6.92 Å².